The lowest BCUT2D eigenvalue weighted by molar-refractivity contribution is -0.140. The number of aromatic nitrogens is 2. The van der Waals surface area contributed by atoms with Crippen molar-refractivity contribution >= 4 is 11.9 Å². The Morgan fingerprint density at radius 3 is 2.50 bits per heavy atom. The van der Waals surface area contributed by atoms with Gasteiger partial charge in [-0.3, -0.25) is 9.59 Å². The minimum absolute atomic E-state index is 0.156. The van der Waals surface area contributed by atoms with E-state index in [0.717, 1.165) is 34.0 Å². The highest BCUT2D eigenvalue weighted by molar-refractivity contribution is 5.94. The molecule has 0 fully saturated rings. The molecule has 0 radical (unpaired) electrons. The van der Waals surface area contributed by atoms with Crippen molar-refractivity contribution in [3.05, 3.63) is 76.6 Å². The highest BCUT2D eigenvalue weighted by Crippen LogP contribution is 2.20. The summed E-state index contributed by atoms with van der Waals surface area (Å²) in [7, 11) is 1.39. The third-order valence-corrected chi connectivity index (χ3v) is 5.27. The quantitative estimate of drug-likeness (QED) is 0.409. The number of rotatable bonds is 9. The molecule has 7 heteroatoms. The number of amides is 1. The Labute approximate surface area is 188 Å². The molecule has 0 aliphatic carbocycles. The minimum atomic E-state index is -0.240. The number of benzene rings is 2. The summed E-state index contributed by atoms with van der Waals surface area (Å²) in [6.07, 6.45) is 0.895. The van der Waals surface area contributed by atoms with Crippen molar-refractivity contribution in [2.45, 2.75) is 33.6 Å². The van der Waals surface area contributed by atoms with Gasteiger partial charge in [0.1, 0.15) is 12.4 Å². The number of carbonyl (C=O) groups excluding carboxylic acids is 2. The number of hydrogen-bond acceptors (Lipinski definition) is 5. The maximum Gasteiger partial charge on any atom is 0.305 e. The van der Waals surface area contributed by atoms with E-state index in [4.69, 9.17) is 9.47 Å². The minimum Gasteiger partial charge on any atom is -0.492 e. The van der Waals surface area contributed by atoms with Crippen LogP contribution in [0.1, 0.15) is 39.3 Å². The molecule has 0 aliphatic heterocycles. The van der Waals surface area contributed by atoms with Crippen LogP contribution in [0.4, 0.5) is 0 Å². The molecule has 0 saturated heterocycles. The van der Waals surface area contributed by atoms with Crippen molar-refractivity contribution in [1.82, 2.24) is 15.1 Å². The van der Waals surface area contributed by atoms with Crippen LogP contribution in [0.2, 0.25) is 0 Å². The molecule has 0 atom stereocenters. The molecule has 32 heavy (non-hydrogen) atoms. The zero-order valence-electron chi connectivity index (χ0n) is 19.0. The fraction of sp³-hybridized carbons (Fsp3) is 0.320. The lowest BCUT2D eigenvalue weighted by Crippen LogP contribution is -2.28. The summed E-state index contributed by atoms with van der Waals surface area (Å²) in [5, 5.41) is 7.47. The fourth-order valence-electron chi connectivity index (χ4n) is 3.51. The monoisotopic (exact) mass is 435 g/mol. The zero-order chi connectivity index (χ0) is 23.1. The molecule has 3 aromatic rings. The summed E-state index contributed by atoms with van der Waals surface area (Å²) in [6.45, 7) is 6.72. The van der Waals surface area contributed by atoms with Crippen molar-refractivity contribution in [1.29, 1.82) is 0 Å². The van der Waals surface area contributed by atoms with Crippen LogP contribution in [0.15, 0.2) is 48.5 Å². The molecular formula is C25H29N3O4. The van der Waals surface area contributed by atoms with Gasteiger partial charge in [-0.1, -0.05) is 12.1 Å². The zero-order valence-corrected chi connectivity index (χ0v) is 19.0. The standard InChI is InChI=1S/C25H29N3O4/c1-17-6-5-7-22(16-17)32-15-14-26-25(30)20-8-10-21(11-9-20)28-19(3)23(18(2)27-28)12-13-24(29)31-4/h5-11,16H,12-15H2,1-4H3,(H,26,30). The van der Waals surface area contributed by atoms with Gasteiger partial charge in [0.25, 0.3) is 5.91 Å². The van der Waals surface area contributed by atoms with E-state index >= 15 is 0 Å². The number of nitrogens with one attached hydrogen (secondary N) is 1. The molecule has 1 aromatic heterocycles. The van der Waals surface area contributed by atoms with E-state index in [2.05, 4.69) is 10.4 Å². The van der Waals surface area contributed by atoms with Gasteiger partial charge in [-0.2, -0.15) is 5.10 Å². The number of ether oxygens (including phenoxy) is 2. The summed E-state index contributed by atoms with van der Waals surface area (Å²) in [4.78, 5) is 23.9. The van der Waals surface area contributed by atoms with E-state index in [9.17, 15) is 9.59 Å². The third-order valence-electron chi connectivity index (χ3n) is 5.27. The molecular weight excluding hydrogens is 406 g/mol. The van der Waals surface area contributed by atoms with Crippen LogP contribution >= 0.6 is 0 Å². The molecule has 2 aromatic carbocycles. The lowest BCUT2D eigenvalue weighted by atomic mass is 10.1. The van der Waals surface area contributed by atoms with E-state index in [0.29, 0.717) is 31.6 Å². The number of esters is 1. The van der Waals surface area contributed by atoms with Crippen LogP contribution in [-0.2, 0) is 16.0 Å². The van der Waals surface area contributed by atoms with Gasteiger partial charge < -0.3 is 14.8 Å². The SMILES string of the molecule is COC(=O)CCc1c(C)nn(-c2ccc(C(=O)NCCOc3cccc(C)c3)cc2)c1C. The van der Waals surface area contributed by atoms with Gasteiger partial charge in [0.15, 0.2) is 0 Å². The van der Waals surface area contributed by atoms with Crippen molar-refractivity contribution in [3.8, 4) is 11.4 Å². The van der Waals surface area contributed by atoms with Crippen molar-refractivity contribution < 1.29 is 19.1 Å². The number of aryl methyl sites for hydroxylation is 2. The lowest BCUT2D eigenvalue weighted by Gasteiger charge is -2.09. The Bertz CT molecular complexity index is 1090. The number of hydrogen-bond donors (Lipinski definition) is 1. The average Bonchev–Trinajstić information content (AvgIpc) is 3.08. The van der Waals surface area contributed by atoms with E-state index in [1.54, 1.807) is 12.1 Å². The highest BCUT2D eigenvalue weighted by Gasteiger charge is 2.15. The molecule has 0 saturated carbocycles. The van der Waals surface area contributed by atoms with Gasteiger partial charge in [-0.25, -0.2) is 4.68 Å². The van der Waals surface area contributed by atoms with Gasteiger partial charge in [0.2, 0.25) is 0 Å². The molecule has 0 aliphatic rings. The molecule has 0 unspecified atom stereocenters. The Morgan fingerprint density at radius 2 is 1.81 bits per heavy atom. The molecule has 3 rings (SSSR count). The second kappa shape index (κ2) is 10.6. The summed E-state index contributed by atoms with van der Waals surface area (Å²) in [6, 6.07) is 15.1. The van der Waals surface area contributed by atoms with E-state index in [1.165, 1.54) is 7.11 Å². The average molecular weight is 436 g/mol. The number of methoxy groups -OCH3 is 1. The topological polar surface area (TPSA) is 82.5 Å². The Kier molecular flexibility index (Phi) is 7.65. The molecule has 0 spiro atoms. The van der Waals surface area contributed by atoms with Gasteiger partial charge in [-0.05, 0) is 74.7 Å². The van der Waals surface area contributed by atoms with Gasteiger partial charge in [0, 0.05) is 17.7 Å². The Morgan fingerprint density at radius 1 is 1.06 bits per heavy atom. The molecule has 7 nitrogen and oxygen atoms in total. The highest BCUT2D eigenvalue weighted by atomic mass is 16.5. The van der Waals surface area contributed by atoms with Crippen LogP contribution in [-0.4, -0.2) is 41.9 Å². The predicted molar refractivity (Wildman–Crippen MR) is 122 cm³/mol. The van der Waals surface area contributed by atoms with Crippen LogP contribution in [0.5, 0.6) is 5.75 Å². The Hall–Kier alpha value is -3.61. The first kappa shape index (κ1) is 23.1. The first-order valence-corrected chi connectivity index (χ1v) is 10.6. The van der Waals surface area contributed by atoms with Gasteiger partial charge in [-0.15, -0.1) is 0 Å². The van der Waals surface area contributed by atoms with Crippen molar-refractivity contribution in [2.75, 3.05) is 20.3 Å². The summed E-state index contributed by atoms with van der Waals surface area (Å²) in [5.41, 5.74) is 5.43. The molecule has 0 bridgehead atoms. The van der Waals surface area contributed by atoms with E-state index < -0.39 is 0 Å². The van der Waals surface area contributed by atoms with Crippen LogP contribution in [0, 0.1) is 20.8 Å². The third kappa shape index (κ3) is 5.75. The second-order valence-corrected chi connectivity index (χ2v) is 7.61. The second-order valence-electron chi connectivity index (χ2n) is 7.61. The first-order valence-electron chi connectivity index (χ1n) is 10.6. The fourth-order valence-corrected chi connectivity index (χ4v) is 3.51. The Balaban J connectivity index is 1.57. The van der Waals surface area contributed by atoms with Crippen LogP contribution in [0.25, 0.3) is 5.69 Å². The van der Waals surface area contributed by atoms with E-state index in [1.807, 2.05) is 61.9 Å². The summed E-state index contributed by atoms with van der Waals surface area (Å²) >= 11 is 0. The largest absolute Gasteiger partial charge is 0.492 e. The molecule has 1 heterocycles. The molecule has 1 amide bonds. The first-order chi connectivity index (χ1) is 15.4. The van der Waals surface area contributed by atoms with Crippen LogP contribution < -0.4 is 10.1 Å². The number of carbonyl (C=O) groups is 2. The summed E-state index contributed by atoms with van der Waals surface area (Å²) < 4.78 is 12.2. The molecule has 168 valence electrons. The van der Waals surface area contributed by atoms with Crippen molar-refractivity contribution in [2.24, 2.45) is 0 Å². The molecule has 1 N–H and O–H groups in total. The van der Waals surface area contributed by atoms with E-state index in [-0.39, 0.29) is 11.9 Å². The predicted octanol–water partition coefficient (Wildman–Crippen LogP) is 3.71. The van der Waals surface area contributed by atoms with Crippen molar-refractivity contribution in [3.63, 3.8) is 0 Å². The number of nitrogens with zero attached hydrogens (tertiary/aromatic N) is 2. The smallest absolute Gasteiger partial charge is 0.305 e. The van der Waals surface area contributed by atoms with Crippen LogP contribution in [0.3, 0.4) is 0 Å². The summed E-state index contributed by atoms with van der Waals surface area (Å²) in [5.74, 6) is 0.396. The van der Waals surface area contributed by atoms with Gasteiger partial charge in [0.05, 0.1) is 25.0 Å². The van der Waals surface area contributed by atoms with Gasteiger partial charge >= 0.3 is 5.97 Å². The maximum atomic E-state index is 12.4. The maximum absolute atomic E-state index is 12.4. The normalized spacial score (nSPS) is 10.6.